The first-order chi connectivity index (χ1) is 5.61. The Morgan fingerprint density at radius 1 is 1.33 bits per heavy atom. The van der Waals surface area contributed by atoms with Crippen molar-refractivity contribution in [2.45, 2.75) is 15.9 Å². The normalized spacial score (nSPS) is 13.2. The van der Waals surface area contributed by atoms with Crippen LogP contribution in [0.1, 0.15) is 16.5 Å². The van der Waals surface area contributed by atoms with Crippen molar-refractivity contribution in [1.82, 2.24) is 0 Å². The maximum absolute atomic E-state index is 11.2. The van der Waals surface area contributed by atoms with Gasteiger partial charge in [-0.3, -0.25) is 0 Å². The Morgan fingerprint density at radius 3 is 2.25 bits per heavy atom. The van der Waals surface area contributed by atoms with Gasteiger partial charge in [0.15, 0.2) is 0 Å². The Morgan fingerprint density at radius 2 is 1.83 bits per heavy atom. The zero-order chi connectivity index (χ0) is 9.14. The van der Waals surface area contributed by atoms with Gasteiger partial charge in [0.25, 0.3) is 0 Å². The minimum absolute atomic E-state index is 0.175. The van der Waals surface area contributed by atoms with Crippen LogP contribution in [0.5, 0.6) is 5.75 Å². The molecule has 0 aliphatic rings. The monoisotopic (exact) mass is 282 g/mol. The van der Waals surface area contributed by atoms with Gasteiger partial charge in [-0.15, -0.1) is 0 Å². The molecular weight excluding hydrogens is 268 g/mol. The molecule has 1 aromatic carbocycles. The average Bonchev–Trinajstić information content (AvgIpc) is 2.04. The fourth-order valence-corrected chi connectivity index (χ4v) is 2.48. The molecule has 0 bridgehead atoms. The van der Waals surface area contributed by atoms with E-state index in [4.69, 9.17) is 5.11 Å². The van der Waals surface area contributed by atoms with Crippen LogP contribution in [0.4, 0.5) is 0 Å². The van der Waals surface area contributed by atoms with Gasteiger partial charge < -0.3 is 0 Å². The second-order valence-corrected chi connectivity index (χ2v) is 7.60. The molecule has 1 aromatic rings. The van der Waals surface area contributed by atoms with Crippen molar-refractivity contribution in [1.29, 1.82) is 0 Å². The summed E-state index contributed by atoms with van der Waals surface area (Å²) in [6, 6.07) is 6.92. The first-order valence-electron chi connectivity index (χ1n) is 3.72. The van der Waals surface area contributed by atoms with Gasteiger partial charge in [0, 0.05) is 0 Å². The van der Waals surface area contributed by atoms with Crippen molar-refractivity contribution in [3.63, 3.8) is 0 Å². The van der Waals surface area contributed by atoms with Crippen molar-refractivity contribution >= 4 is 19.5 Å². The number of hydrogen-bond acceptors (Lipinski definition) is 2. The second-order valence-electron chi connectivity index (χ2n) is 2.73. The summed E-state index contributed by atoms with van der Waals surface area (Å²) in [7, 11) is 0. The van der Waals surface area contributed by atoms with E-state index in [0.29, 0.717) is 0 Å². The van der Waals surface area contributed by atoms with Crippen molar-refractivity contribution in [3.05, 3.63) is 29.8 Å². The van der Waals surface area contributed by atoms with Crippen molar-refractivity contribution in [2.24, 2.45) is 0 Å². The number of phenols is 1. The van der Waals surface area contributed by atoms with Crippen LogP contribution in [0.2, 0.25) is 4.97 Å². The topological polar surface area (TPSA) is 37.3 Å². The second kappa shape index (κ2) is 4.02. The minimum atomic E-state index is -2.12. The van der Waals surface area contributed by atoms with Crippen LogP contribution in [-0.4, -0.2) is 24.6 Å². The number of benzene rings is 1. The average molecular weight is 280 g/mol. The van der Waals surface area contributed by atoms with Gasteiger partial charge in [-0.25, -0.2) is 0 Å². The molecule has 0 aliphatic carbocycles. The number of rotatable bonds is 2. The third-order valence-electron chi connectivity index (χ3n) is 1.86. The molecule has 0 heterocycles. The van der Waals surface area contributed by atoms with Crippen LogP contribution in [0, 0.1) is 0 Å². The van der Waals surface area contributed by atoms with E-state index in [-0.39, 0.29) is 9.72 Å². The molecule has 0 aromatic heterocycles. The van der Waals surface area contributed by atoms with E-state index in [2.05, 4.69) is 0 Å². The van der Waals surface area contributed by atoms with Gasteiger partial charge in [0.1, 0.15) is 0 Å². The third-order valence-corrected chi connectivity index (χ3v) is 5.48. The summed E-state index contributed by atoms with van der Waals surface area (Å²) in [6.45, 7) is 1.97. The Labute approximate surface area is 79.2 Å². The van der Waals surface area contributed by atoms with Gasteiger partial charge >= 0.3 is 79.2 Å². The predicted octanol–water partition coefficient (Wildman–Crippen LogP) is 2.09. The van der Waals surface area contributed by atoms with E-state index in [0.717, 1.165) is 5.56 Å². The number of aromatic hydroxyl groups is 1. The molecule has 0 saturated heterocycles. The van der Waals surface area contributed by atoms with E-state index in [1.165, 1.54) is 0 Å². The van der Waals surface area contributed by atoms with Crippen LogP contribution < -0.4 is 0 Å². The molecule has 66 valence electrons. The van der Waals surface area contributed by atoms with Crippen molar-refractivity contribution in [3.8, 4) is 5.75 Å². The fraction of sp³-hybridized carbons (Fsp3) is 0.333. The van der Waals surface area contributed by atoms with Crippen LogP contribution >= 0.6 is 0 Å². The van der Waals surface area contributed by atoms with Gasteiger partial charge in [0.05, 0.1) is 0 Å². The molecule has 2 nitrogen and oxygen atoms in total. The predicted molar refractivity (Wildman–Crippen MR) is 48.8 cm³/mol. The third kappa shape index (κ3) is 2.30. The van der Waals surface area contributed by atoms with Crippen molar-refractivity contribution < 1.29 is 8.21 Å². The number of hydrogen-bond donors (Lipinski definition) is 1. The first-order valence-corrected chi connectivity index (χ1v) is 8.35. The number of phenolic OH excluding ortho intramolecular Hbond substituents is 1. The summed E-state index contributed by atoms with van der Waals surface area (Å²) < 4.78 is 11.4. The van der Waals surface area contributed by atoms with Crippen LogP contribution in [-0.2, 0) is 3.10 Å². The van der Waals surface area contributed by atoms with Gasteiger partial charge in [-0.1, -0.05) is 0 Å². The van der Waals surface area contributed by atoms with Gasteiger partial charge in [0.2, 0.25) is 0 Å². The van der Waals surface area contributed by atoms with Crippen LogP contribution in [0.15, 0.2) is 24.3 Å². The molecule has 1 atom stereocenters. The molecule has 0 amide bonds. The van der Waals surface area contributed by atoms with E-state index >= 15 is 0 Å². The quantitative estimate of drug-likeness (QED) is 0.842. The Balaban J connectivity index is 2.89. The van der Waals surface area contributed by atoms with Gasteiger partial charge in [-0.2, -0.15) is 0 Å². The summed E-state index contributed by atoms with van der Waals surface area (Å²) in [5.74, 6) is 0.259. The molecule has 0 aliphatic heterocycles. The zero-order valence-corrected chi connectivity index (χ0v) is 9.48. The summed E-state index contributed by atoms with van der Waals surface area (Å²) in [6.07, 6.45) is 0. The van der Waals surface area contributed by atoms with E-state index in [1.807, 2.05) is 24.0 Å². The molecule has 1 N–H and O–H groups in total. The maximum atomic E-state index is 11.2. The SMILES string of the molecule is CC(c1ccc(O)cc1)[Te](C)=O. The molecule has 0 radical (unpaired) electrons. The Hall–Kier alpha value is -0.390. The Bertz CT molecular complexity index is 279. The fourth-order valence-electron chi connectivity index (χ4n) is 0.937. The molecular formula is C9H12O2Te. The molecule has 0 spiro atoms. The van der Waals surface area contributed by atoms with E-state index < -0.39 is 19.5 Å². The summed E-state index contributed by atoms with van der Waals surface area (Å²) in [5.41, 5.74) is 1.06. The van der Waals surface area contributed by atoms with E-state index in [9.17, 15) is 3.10 Å². The molecule has 1 unspecified atom stereocenters. The first kappa shape index (κ1) is 9.70. The standard InChI is InChI=1S/C9H12O2Te/c1-7(12(2)11)8-3-5-9(10)6-4-8/h3-7,10H,1-2H3. The van der Waals surface area contributed by atoms with Crippen LogP contribution in [0.3, 0.4) is 0 Å². The molecule has 1 rings (SSSR count). The molecule has 0 saturated carbocycles. The molecule has 3 heteroatoms. The summed E-state index contributed by atoms with van der Waals surface area (Å²) in [5, 5.41) is 9.01. The van der Waals surface area contributed by atoms with Crippen molar-refractivity contribution in [2.75, 3.05) is 0 Å². The Kier molecular flexibility index (Phi) is 3.25. The van der Waals surface area contributed by atoms with Crippen LogP contribution in [0.25, 0.3) is 0 Å². The van der Waals surface area contributed by atoms with Gasteiger partial charge in [-0.05, 0) is 0 Å². The van der Waals surface area contributed by atoms with E-state index in [1.54, 1.807) is 12.1 Å². The molecule has 12 heavy (non-hydrogen) atoms. The summed E-state index contributed by atoms with van der Waals surface area (Å²) in [4.78, 5) is 1.82. The summed E-state index contributed by atoms with van der Waals surface area (Å²) >= 11 is -2.12. The zero-order valence-electron chi connectivity index (χ0n) is 7.15. The molecule has 0 fully saturated rings.